The average Bonchev–Trinajstić information content (AvgIpc) is 3.10. The van der Waals surface area contributed by atoms with Crippen molar-refractivity contribution in [2.75, 3.05) is 37.3 Å². The van der Waals surface area contributed by atoms with E-state index in [-0.39, 0.29) is 4.90 Å². The first-order valence-electron chi connectivity index (χ1n) is 8.83. The van der Waals surface area contributed by atoms with Crippen LogP contribution in [0.3, 0.4) is 0 Å². The van der Waals surface area contributed by atoms with Gasteiger partial charge >= 0.3 is 0 Å². The second kappa shape index (κ2) is 7.34. The van der Waals surface area contributed by atoms with Gasteiger partial charge in [0.2, 0.25) is 0 Å². The van der Waals surface area contributed by atoms with Crippen LogP contribution in [0, 0.1) is 11.6 Å². The lowest BCUT2D eigenvalue weighted by Gasteiger charge is -2.34. The number of thiazole rings is 1. The molecule has 2 heterocycles. The molecule has 1 fully saturated rings. The number of amides is 1. The van der Waals surface area contributed by atoms with E-state index in [1.54, 1.807) is 12.1 Å². The number of rotatable bonds is 3. The Kier molecular flexibility index (Phi) is 4.99. The third-order valence-corrected chi connectivity index (χ3v) is 6.98. The smallest absolute Gasteiger partial charge is 0.259 e. The molecule has 0 aliphatic carbocycles. The van der Waals surface area contributed by atoms with Gasteiger partial charge in [0, 0.05) is 32.4 Å². The molecule has 152 valence electrons. The quantitative estimate of drug-likeness (QED) is 0.630. The van der Waals surface area contributed by atoms with Crippen LogP contribution in [-0.2, 0) is 9.84 Å². The fourth-order valence-corrected chi connectivity index (χ4v) is 5.00. The van der Waals surface area contributed by atoms with Gasteiger partial charge in [-0.3, -0.25) is 4.79 Å². The van der Waals surface area contributed by atoms with Crippen LogP contribution in [0.4, 0.5) is 13.9 Å². The Bertz CT molecular complexity index is 1180. The minimum atomic E-state index is -3.30. The first-order valence-corrected chi connectivity index (χ1v) is 11.5. The van der Waals surface area contributed by atoms with Crippen molar-refractivity contribution >= 4 is 42.4 Å². The van der Waals surface area contributed by atoms with Crippen LogP contribution in [0.15, 0.2) is 41.3 Å². The van der Waals surface area contributed by atoms with Crippen molar-refractivity contribution in [1.29, 1.82) is 0 Å². The number of anilines is 1. The van der Waals surface area contributed by atoms with E-state index in [0.717, 1.165) is 28.2 Å². The second-order valence-electron chi connectivity index (χ2n) is 6.77. The molecule has 2 aromatic carbocycles. The van der Waals surface area contributed by atoms with Crippen LogP contribution in [0.2, 0.25) is 0 Å². The summed E-state index contributed by atoms with van der Waals surface area (Å²) in [6, 6.07) is 8.17. The molecule has 0 N–H and O–H groups in total. The van der Waals surface area contributed by atoms with Crippen molar-refractivity contribution in [3.8, 4) is 0 Å². The fraction of sp³-hybridized carbons (Fsp3) is 0.263. The predicted molar refractivity (Wildman–Crippen MR) is 107 cm³/mol. The van der Waals surface area contributed by atoms with Crippen molar-refractivity contribution in [1.82, 2.24) is 9.88 Å². The molecule has 0 atom stereocenters. The lowest BCUT2D eigenvalue weighted by atomic mass is 10.1. The summed E-state index contributed by atoms with van der Waals surface area (Å²) in [5.41, 5.74) is 0.165. The number of carbonyl (C=O) groups excluding carboxylic acids is 1. The fourth-order valence-electron chi connectivity index (χ4n) is 3.22. The highest BCUT2D eigenvalue weighted by Crippen LogP contribution is 2.31. The standard InChI is InChI=1S/C19H17F2N3O3S2/c1-29(26,27)12-5-6-15-16(11-12)28-19(22-15)24-9-7-23(8-10-24)18(25)17-13(20)3-2-4-14(17)21/h2-6,11H,7-10H2,1H3. The summed E-state index contributed by atoms with van der Waals surface area (Å²) in [4.78, 5) is 20.7. The number of fused-ring (bicyclic) bond motifs is 1. The zero-order valence-corrected chi connectivity index (χ0v) is 17.1. The van der Waals surface area contributed by atoms with Gasteiger partial charge in [0.05, 0.1) is 15.1 Å². The molecule has 0 unspecified atom stereocenters. The summed E-state index contributed by atoms with van der Waals surface area (Å²) in [5.74, 6) is -2.40. The molecule has 1 saturated heterocycles. The molecular formula is C19H17F2N3O3S2. The maximum atomic E-state index is 13.9. The Morgan fingerprint density at radius 3 is 2.34 bits per heavy atom. The van der Waals surface area contributed by atoms with Gasteiger partial charge in [-0.05, 0) is 30.3 Å². The minimum Gasteiger partial charge on any atom is -0.345 e. The van der Waals surface area contributed by atoms with E-state index in [2.05, 4.69) is 4.98 Å². The zero-order valence-electron chi connectivity index (χ0n) is 15.4. The van der Waals surface area contributed by atoms with E-state index in [1.165, 1.54) is 28.4 Å². The number of carbonyl (C=O) groups is 1. The summed E-state index contributed by atoms with van der Waals surface area (Å²) < 4.78 is 52.0. The number of nitrogens with zero attached hydrogens (tertiary/aromatic N) is 3. The van der Waals surface area contributed by atoms with Gasteiger partial charge in [-0.25, -0.2) is 22.2 Å². The van der Waals surface area contributed by atoms with E-state index in [1.807, 2.05) is 4.90 Å². The van der Waals surface area contributed by atoms with E-state index in [0.29, 0.717) is 31.7 Å². The van der Waals surface area contributed by atoms with E-state index < -0.39 is 32.9 Å². The molecule has 1 aliphatic heterocycles. The summed E-state index contributed by atoms with van der Waals surface area (Å²) in [5, 5.41) is 0.717. The Morgan fingerprint density at radius 1 is 1.07 bits per heavy atom. The van der Waals surface area contributed by atoms with Crippen LogP contribution in [0.1, 0.15) is 10.4 Å². The highest BCUT2D eigenvalue weighted by atomic mass is 32.2. The van der Waals surface area contributed by atoms with E-state index >= 15 is 0 Å². The summed E-state index contributed by atoms with van der Waals surface area (Å²) >= 11 is 1.37. The Morgan fingerprint density at radius 2 is 1.72 bits per heavy atom. The van der Waals surface area contributed by atoms with E-state index in [4.69, 9.17) is 0 Å². The van der Waals surface area contributed by atoms with Crippen LogP contribution in [0.25, 0.3) is 10.2 Å². The van der Waals surface area contributed by atoms with Crippen LogP contribution >= 0.6 is 11.3 Å². The monoisotopic (exact) mass is 437 g/mol. The Labute approximate surface area is 170 Å². The third kappa shape index (κ3) is 3.82. The molecule has 1 aromatic heterocycles. The Balaban J connectivity index is 1.50. The lowest BCUT2D eigenvalue weighted by molar-refractivity contribution is 0.0737. The molecule has 29 heavy (non-hydrogen) atoms. The molecule has 1 amide bonds. The highest BCUT2D eigenvalue weighted by Gasteiger charge is 2.27. The molecular weight excluding hydrogens is 420 g/mol. The minimum absolute atomic E-state index is 0.238. The third-order valence-electron chi connectivity index (χ3n) is 4.79. The molecule has 1 aliphatic rings. The molecule has 0 bridgehead atoms. The Hall–Kier alpha value is -2.59. The number of aromatic nitrogens is 1. The van der Waals surface area contributed by atoms with Crippen LogP contribution in [-0.4, -0.2) is 56.6 Å². The molecule has 6 nitrogen and oxygen atoms in total. The molecule has 0 spiro atoms. The summed E-state index contributed by atoms with van der Waals surface area (Å²) in [6.07, 6.45) is 1.16. The van der Waals surface area contributed by atoms with Crippen molar-refractivity contribution in [2.24, 2.45) is 0 Å². The first-order chi connectivity index (χ1) is 13.7. The number of halogens is 2. The number of sulfone groups is 1. The average molecular weight is 437 g/mol. The lowest BCUT2D eigenvalue weighted by Crippen LogP contribution is -2.49. The number of benzene rings is 2. The van der Waals surface area contributed by atoms with Crippen LogP contribution < -0.4 is 4.90 Å². The van der Waals surface area contributed by atoms with Crippen molar-refractivity contribution < 1.29 is 22.0 Å². The van der Waals surface area contributed by atoms with Gasteiger partial charge in [0.25, 0.3) is 5.91 Å². The maximum Gasteiger partial charge on any atom is 0.259 e. The zero-order chi connectivity index (χ0) is 20.8. The first kappa shape index (κ1) is 19.7. The molecule has 10 heteroatoms. The van der Waals surface area contributed by atoms with Crippen molar-refractivity contribution in [2.45, 2.75) is 4.90 Å². The largest absolute Gasteiger partial charge is 0.345 e. The molecule has 4 rings (SSSR count). The van der Waals surface area contributed by atoms with Gasteiger partial charge in [-0.1, -0.05) is 17.4 Å². The number of hydrogen-bond acceptors (Lipinski definition) is 6. The number of piperazine rings is 1. The summed E-state index contributed by atoms with van der Waals surface area (Å²) in [7, 11) is -3.30. The highest BCUT2D eigenvalue weighted by molar-refractivity contribution is 7.90. The topological polar surface area (TPSA) is 70.6 Å². The van der Waals surface area contributed by atoms with Gasteiger partial charge in [-0.15, -0.1) is 0 Å². The molecule has 0 radical (unpaired) electrons. The molecule has 3 aromatic rings. The van der Waals surface area contributed by atoms with Gasteiger partial charge in [-0.2, -0.15) is 0 Å². The normalized spacial score (nSPS) is 15.1. The number of hydrogen-bond donors (Lipinski definition) is 0. The van der Waals surface area contributed by atoms with Crippen molar-refractivity contribution in [3.63, 3.8) is 0 Å². The molecule has 0 saturated carbocycles. The van der Waals surface area contributed by atoms with Gasteiger partial charge in [0.1, 0.15) is 17.2 Å². The maximum absolute atomic E-state index is 13.9. The SMILES string of the molecule is CS(=O)(=O)c1ccc2nc(N3CCN(C(=O)c4c(F)cccc4F)CC3)sc2c1. The van der Waals surface area contributed by atoms with Crippen LogP contribution in [0.5, 0.6) is 0 Å². The second-order valence-corrected chi connectivity index (χ2v) is 9.80. The van der Waals surface area contributed by atoms with Gasteiger partial charge < -0.3 is 9.80 Å². The van der Waals surface area contributed by atoms with E-state index in [9.17, 15) is 22.0 Å². The van der Waals surface area contributed by atoms with Crippen molar-refractivity contribution in [3.05, 3.63) is 53.6 Å². The predicted octanol–water partition coefficient (Wildman–Crippen LogP) is 2.94. The summed E-state index contributed by atoms with van der Waals surface area (Å²) in [6.45, 7) is 1.52. The van der Waals surface area contributed by atoms with Gasteiger partial charge in [0.15, 0.2) is 15.0 Å².